The zero-order chi connectivity index (χ0) is 18.8. The minimum absolute atomic E-state index is 0.115. The maximum Gasteiger partial charge on any atom is 0.191 e. The molecule has 0 spiro atoms. The number of aryl methyl sites for hydroxylation is 3. The van der Waals surface area contributed by atoms with E-state index in [1.807, 2.05) is 50.6 Å². The third kappa shape index (κ3) is 3.55. The van der Waals surface area contributed by atoms with E-state index < -0.39 is 0 Å². The molecule has 3 rings (SSSR count). The van der Waals surface area contributed by atoms with E-state index in [0.29, 0.717) is 0 Å². The molecule has 0 aliphatic heterocycles. The van der Waals surface area contributed by atoms with Gasteiger partial charge in [0.2, 0.25) is 0 Å². The summed E-state index contributed by atoms with van der Waals surface area (Å²) in [6.45, 7) is 8.01. The van der Waals surface area contributed by atoms with Crippen LogP contribution in [-0.2, 0) is 7.05 Å². The topological polar surface area (TPSA) is 60.7 Å². The van der Waals surface area contributed by atoms with Crippen molar-refractivity contribution < 1.29 is 4.79 Å². The van der Waals surface area contributed by atoms with Crippen molar-refractivity contribution in [1.82, 2.24) is 19.7 Å². The molecule has 0 bridgehead atoms. The average molecular weight is 366 g/mol. The van der Waals surface area contributed by atoms with Gasteiger partial charge in [0, 0.05) is 30.6 Å². The van der Waals surface area contributed by atoms with Crippen LogP contribution in [0.25, 0.3) is 11.4 Å². The fourth-order valence-corrected chi connectivity index (χ4v) is 3.71. The molecule has 3 aromatic rings. The standard InChI is InChI=1S/C20H22N4OS/c1-12-10-14(3)17(11-13(12)2)18(25)15(4)26-20-23-22-19(24(20)5)16-6-8-21-9-7-16/h6-11,15H,1-5H3/t15-/m0/s1. The molecule has 1 atom stereocenters. The molecule has 5 nitrogen and oxygen atoms in total. The summed E-state index contributed by atoms with van der Waals surface area (Å²) in [5.74, 6) is 0.876. The summed E-state index contributed by atoms with van der Waals surface area (Å²) in [7, 11) is 1.91. The average Bonchev–Trinajstić information content (AvgIpc) is 2.99. The van der Waals surface area contributed by atoms with Gasteiger partial charge in [-0.3, -0.25) is 9.78 Å². The molecule has 2 heterocycles. The lowest BCUT2D eigenvalue weighted by Gasteiger charge is -2.13. The first-order valence-corrected chi connectivity index (χ1v) is 9.35. The Kier molecular flexibility index (Phi) is 5.23. The summed E-state index contributed by atoms with van der Waals surface area (Å²) in [5.41, 5.74) is 5.08. The molecule has 134 valence electrons. The lowest BCUT2D eigenvalue weighted by molar-refractivity contribution is 0.0993. The van der Waals surface area contributed by atoms with Crippen molar-refractivity contribution in [3.63, 3.8) is 0 Å². The Labute approximate surface area is 157 Å². The fourth-order valence-electron chi connectivity index (χ4n) is 2.83. The number of hydrogen-bond acceptors (Lipinski definition) is 5. The van der Waals surface area contributed by atoms with Crippen molar-refractivity contribution in [3.05, 3.63) is 58.9 Å². The minimum Gasteiger partial charge on any atom is -0.305 e. The van der Waals surface area contributed by atoms with Crippen molar-refractivity contribution in [2.45, 2.75) is 38.1 Å². The summed E-state index contributed by atoms with van der Waals surface area (Å²) in [6, 6.07) is 7.85. The predicted molar refractivity (Wildman–Crippen MR) is 105 cm³/mol. The summed E-state index contributed by atoms with van der Waals surface area (Å²) in [6.07, 6.45) is 3.46. The van der Waals surface area contributed by atoms with Crippen LogP contribution in [0.1, 0.15) is 34.0 Å². The van der Waals surface area contributed by atoms with Gasteiger partial charge in [0.05, 0.1) is 5.25 Å². The highest BCUT2D eigenvalue weighted by atomic mass is 32.2. The van der Waals surface area contributed by atoms with Crippen LogP contribution in [0, 0.1) is 20.8 Å². The summed E-state index contributed by atoms with van der Waals surface area (Å²) in [5, 5.41) is 9.01. The van der Waals surface area contributed by atoms with Crippen molar-refractivity contribution >= 4 is 17.5 Å². The quantitative estimate of drug-likeness (QED) is 0.501. The van der Waals surface area contributed by atoms with Crippen LogP contribution in [0.5, 0.6) is 0 Å². The predicted octanol–water partition coefficient (Wildman–Crippen LogP) is 4.17. The number of pyridine rings is 1. The number of hydrogen-bond donors (Lipinski definition) is 0. The van der Waals surface area contributed by atoms with Gasteiger partial charge < -0.3 is 4.57 Å². The highest BCUT2D eigenvalue weighted by molar-refractivity contribution is 8.00. The second-order valence-electron chi connectivity index (χ2n) is 6.48. The number of Topliss-reactive ketones (excluding diaryl/α,β-unsaturated/α-hetero) is 1. The van der Waals surface area contributed by atoms with E-state index in [-0.39, 0.29) is 11.0 Å². The van der Waals surface area contributed by atoms with Crippen LogP contribution < -0.4 is 0 Å². The summed E-state index contributed by atoms with van der Waals surface area (Å²) in [4.78, 5) is 17.0. The molecule has 0 amide bonds. The second-order valence-corrected chi connectivity index (χ2v) is 7.78. The van der Waals surface area contributed by atoms with Crippen LogP contribution in [0.3, 0.4) is 0 Å². The molecule has 0 N–H and O–H groups in total. The number of thioether (sulfide) groups is 1. The largest absolute Gasteiger partial charge is 0.305 e. The lowest BCUT2D eigenvalue weighted by Crippen LogP contribution is -2.16. The number of carbonyl (C=O) groups excluding carboxylic acids is 1. The number of benzene rings is 1. The van der Waals surface area contributed by atoms with E-state index in [0.717, 1.165) is 33.2 Å². The lowest BCUT2D eigenvalue weighted by atomic mass is 9.97. The minimum atomic E-state index is -0.246. The molecular formula is C20H22N4OS. The van der Waals surface area contributed by atoms with Gasteiger partial charge in [-0.25, -0.2) is 0 Å². The van der Waals surface area contributed by atoms with Crippen LogP contribution in [0.15, 0.2) is 41.8 Å². The normalized spacial score (nSPS) is 12.2. The van der Waals surface area contributed by atoms with Gasteiger partial charge in [0.25, 0.3) is 0 Å². The molecule has 2 aromatic heterocycles. The molecule has 0 saturated carbocycles. The SMILES string of the molecule is Cc1cc(C)c(C(=O)[C@H](C)Sc2nnc(-c3ccncc3)n2C)cc1C. The summed E-state index contributed by atoms with van der Waals surface area (Å²) < 4.78 is 1.91. The van der Waals surface area contributed by atoms with E-state index in [9.17, 15) is 4.79 Å². The molecule has 1 aromatic carbocycles. The summed E-state index contributed by atoms with van der Waals surface area (Å²) >= 11 is 1.43. The zero-order valence-corrected chi connectivity index (χ0v) is 16.5. The molecular weight excluding hydrogens is 344 g/mol. The number of carbonyl (C=O) groups is 1. The number of nitrogens with zero attached hydrogens (tertiary/aromatic N) is 4. The highest BCUT2D eigenvalue weighted by Gasteiger charge is 2.22. The van der Waals surface area contributed by atoms with Crippen LogP contribution in [0.2, 0.25) is 0 Å². The van der Waals surface area contributed by atoms with Gasteiger partial charge in [-0.1, -0.05) is 17.8 Å². The number of rotatable bonds is 5. The van der Waals surface area contributed by atoms with Gasteiger partial charge >= 0.3 is 0 Å². The molecule has 0 radical (unpaired) electrons. The van der Waals surface area contributed by atoms with Gasteiger partial charge in [-0.05, 0) is 62.6 Å². The Bertz CT molecular complexity index is 950. The highest BCUT2D eigenvalue weighted by Crippen LogP contribution is 2.28. The Hall–Kier alpha value is -2.47. The van der Waals surface area contributed by atoms with Crippen LogP contribution in [0.4, 0.5) is 0 Å². The van der Waals surface area contributed by atoms with Gasteiger partial charge in [0.15, 0.2) is 16.8 Å². The van der Waals surface area contributed by atoms with Crippen molar-refractivity contribution in [1.29, 1.82) is 0 Å². The first-order chi connectivity index (χ1) is 12.4. The van der Waals surface area contributed by atoms with Crippen molar-refractivity contribution in [2.75, 3.05) is 0 Å². The second kappa shape index (κ2) is 7.41. The molecule has 0 fully saturated rings. The van der Waals surface area contributed by atoms with E-state index in [4.69, 9.17) is 0 Å². The number of aromatic nitrogens is 4. The van der Waals surface area contributed by atoms with E-state index in [1.54, 1.807) is 12.4 Å². The van der Waals surface area contributed by atoms with Crippen LogP contribution in [-0.4, -0.2) is 30.8 Å². The van der Waals surface area contributed by atoms with E-state index in [1.165, 1.54) is 17.3 Å². The Morgan fingerprint density at radius 3 is 2.38 bits per heavy atom. The van der Waals surface area contributed by atoms with Gasteiger partial charge in [-0.2, -0.15) is 0 Å². The van der Waals surface area contributed by atoms with Gasteiger partial charge in [0.1, 0.15) is 0 Å². The Balaban J connectivity index is 1.83. The van der Waals surface area contributed by atoms with Crippen molar-refractivity contribution in [2.24, 2.45) is 7.05 Å². The van der Waals surface area contributed by atoms with Gasteiger partial charge in [-0.15, -0.1) is 10.2 Å². The first-order valence-electron chi connectivity index (χ1n) is 8.47. The smallest absolute Gasteiger partial charge is 0.191 e. The molecule has 26 heavy (non-hydrogen) atoms. The molecule has 6 heteroatoms. The molecule has 0 unspecified atom stereocenters. The Morgan fingerprint density at radius 1 is 1.04 bits per heavy atom. The third-order valence-corrected chi connectivity index (χ3v) is 5.66. The monoisotopic (exact) mass is 366 g/mol. The fraction of sp³-hybridized carbons (Fsp3) is 0.300. The van der Waals surface area contributed by atoms with Crippen LogP contribution >= 0.6 is 11.8 Å². The van der Waals surface area contributed by atoms with E-state index in [2.05, 4.69) is 28.2 Å². The number of ketones is 1. The maximum absolute atomic E-state index is 12.9. The van der Waals surface area contributed by atoms with E-state index >= 15 is 0 Å². The molecule has 0 aliphatic rings. The Morgan fingerprint density at radius 2 is 1.69 bits per heavy atom. The van der Waals surface area contributed by atoms with Crippen molar-refractivity contribution in [3.8, 4) is 11.4 Å². The molecule has 0 aliphatic carbocycles. The zero-order valence-electron chi connectivity index (χ0n) is 15.6. The molecule has 0 saturated heterocycles. The first kappa shape index (κ1) is 18.3. The maximum atomic E-state index is 12.9. The third-order valence-electron chi connectivity index (χ3n) is 4.53.